The van der Waals surface area contributed by atoms with Gasteiger partial charge in [-0.3, -0.25) is 9.69 Å². The average molecular weight is 418 g/mol. The second kappa shape index (κ2) is 8.73. The van der Waals surface area contributed by atoms with Crippen molar-refractivity contribution in [2.45, 2.75) is 58.3 Å². The van der Waals surface area contributed by atoms with E-state index in [4.69, 9.17) is 14.9 Å². The standard InChI is InChI=1S/C17H28N4O.C2HF3O2/c1-13(2)11-15(22)20-7-5-17(6-8-20)16-18-12-14(3)21(16)10-9-19(17)4;3-2(4,5)1(6)7/h12-13H,5-11H2,1-4H3;(H,6,7). The monoisotopic (exact) mass is 418 g/mol. The van der Waals surface area contributed by atoms with Gasteiger partial charge in [-0.05, 0) is 32.7 Å². The predicted molar refractivity (Wildman–Crippen MR) is 100 cm³/mol. The number of carboxylic acid groups (broad SMARTS) is 1. The highest BCUT2D eigenvalue weighted by Crippen LogP contribution is 2.40. The molecule has 3 heterocycles. The number of aliphatic carboxylic acids is 1. The Kier molecular flexibility index (Phi) is 6.97. The van der Waals surface area contributed by atoms with Gasteiger partial charge in [-0.1, -0.05) is 13.8 Å². The minimum atomic E-state index is -5.08. The van der Waals surface area contributed by atoms with E-state index >= 15 is 0 Å². The molecule has 0 atom stereocenters. The van der Waals surface area contributed by atoms with Crippen molar-refractivity contribution in [3.05, 3.63) is 17.7 Å². The van der Waals surface area contributed by atoms with Crippen LogP contribution in [0.15, 0.2) is 6.20 Å². The van der Waals surface area contributed by atoms with E-state index in [0.29, 0.717) is 18.2 Å². The number of hydrogen-bond donors (Lipinski definition) is 1. The Labute approximate surface area is 168 Å². The number of carboxylic acids is 1. The SMILES string of the molecule is Cc1cnc2n1CCN(C)C21CCN(C(=O)CC(C)C)CC1.O=C(O)C(F)(F)F. The van der Waals surface area contributed by atoms with Gasteiger partial charge in [-0.15, -0.1) is 0 Å². The molecule has 7 nitrogen and oxygen atoms in total. The Morgan fingerprint density at radius 1 is 1.21 bits per heavy atom. The highest BCUT2D eigenvalue weighted by molar-refractivity contribution is 5.76. The lowest BCUT2D eigenvalue weighted by molar-refractivity contribution is -0.192. The number of rotatable bonds is 2. The molecule has 0 saturated carbocycles. The first-order chi connectivity index (χ1) is 13.4. The van der Waals surface area contributed by atoms with Crippen molar-refractivity contribution in [1.82, 2.24) is 19.4 Å². The molecule has 164 valence electrons. The van der Waals surface area contributed by atoms with Crippen molar-refractivity contribution in [3.63, 3.8) is 0 Å². The average Bonchev–Trinajstić information content (AvgIpc) is 3.00. The molecule has 2 aliphatic rings. The van der Waals surface area contributed by atoms with Gasteiger partial charge < -0.3 is 14.6 Å². The molecule has 1 spiro atoms. The zero-order valence-electron chi connectivity index (χ0n) is 17.3. The van der Waals surface area contributed by atoms with Crippen molar-refractivity contribution in [2.24, 2.45) is 5.92 Å². The number of piperidine rings is 1. The Balaban J connectivity index is 0.000000370. The molecule has 0 unspecified atom stereocenters. The van der Waals surface area contributed by atoms with Crippen LogP contribution in [0.3, 0.4) is 0 Å². The Bertz CT molecular complexity index is 738. The van der Waals surface area contributed by atoms with Gasteiger partial charge in [0.05, 0.1) is 5.54 Å². The Morgan fingerprint density at radius 3 is 2.24 bits per heavy atom. The number of nitrogens with zero attached hydrogens (tertiary/aromatic N) is 4. The summed E-state index contributed by atoms with van der Waals surface area (Å²) in [6.45, 7) is 10.1. The fourth-order valence-corrected chi connectivity index (χ4v) is 3.96. The van der Waals surface area contributed by atoms with Crippen molar-refractivity contribution in [3.8, 4) is 0 Å². The predicted octanol–water partition coefficient (Wildman–Crippen LogP) is 2.63. The van der Waals surface area contributed by atoms with Crippen LogP contribution in [-0.2, 0) is 21.7 Å². The zero-order valence-corrected chi connectivity index (χ0v) is 17.3. The second-order valence-electron chi connectivity index (χ2n) is 8.11. The highest BCUT2D eigenvalue weighted by Gasteiger charge is 2.45. The highest BCUT2D eigenvalue weighted by atomic mass is 19.4. The number of alkyl halides is 3. The second-order valence-corrected chi connectivity index (χ2v) is 8.11. The summed E-state index contributed by atoms with van der Waals surface area (Å²) in [5, 5.41) is 7.12. The number of likely N-dealkylation sites (N-methyl/N-ethyl adjacent to an activating group) is 1. The molecule has 0 aliphatic carbocycles. The molecule has 1 amide bonds. The van der Waals surface area contributed by atoms with Gasteiger partial charge in [-0.2, -0.15) is 13.2 Å². The lowest BCUT2D eigenvalue weighted by Gasteiger charge is -2.49. The fourth-order valence-electron chi connectivity index (χ4n) is 3.96. The molecule has 2 aliphatic heterocycles. The summed E-state index contributed by atoms with van der Waals surface area (Å²) in [7, 11) is 2.21. The summed E-state index contributed by atoms with van der Waals surface area (Å²) < 4.78 is 34.1. The van der Waals surface area contributed by atoms with Crippen molar-refractivity contribution in [1.29, 1.82) is 0 Å². The van der Waals surface area contributed by atoms with Gasteiger partial charge in [0.15, 0.2) is 0 Å². The summed E-state index contributed by atoms with van der Waals surface area (Å²) in [6, 6.07) is 0. The maximum Gasteiger partial charge on any atom is 0.490 e. The van der Waals surface area contributed by atoms with E-state index in [-0.39, 0.29) is 5.54 Å². The first kappa shape index (κ1) is 23.2. The number of aromatic nitrogens is 2. The molecule has 1 aromatic rings. The molecule has 1 saturated heterocycles. The number of carbonyl (C=O) groups is 2. The summed E-state index contributed by atoms with van der Waals surface area (Å²) in [4.78, 5) is 30.4. The van der Waals surface area contributed by atoms with E-state index in [2.05, 4.69) is 37.3 Å². The van der Waals surface area contributed by atoms with Gasteiger partial charge in [0, 0.05) is 44.5 Å². The van der Waals surface area contributed by atoms with E-state index < -0.39 is 12.1 Å². The third kappa shape index (κ3) is 5.09. The van der Waals surface area contributed by atoms with E-state index in [1.54, 1.807) is 0 Å². The van der Waals surface area contributed by atoms with Gasteiger partial charge >= 0.3 is 12.1 Å². The minimum absolute atomic E-state index is 0.0150. The fraction of sp³-hybridized carbons (Fsp3) is 0.737. The van der Waals surface area contributed by atoms with Gasteiger partial charge in [0.25, 0.3) is 0 Å². The molecule has 29 heavy (non-hydrogen) atoms. The molecule has 1 N–H and O–H groups in total. The first-order valence-corrected chi connectivity index (χ1v) is 9.70. The molecule has 3 rings (SSSR count). The summed E-state index contributed by atoms with van der Waals surface area (Å²) >= 11 is 0. The van der Waals surface area contributed by atoms with E-state index in [1.807, 2.05) is 11.1 Å². The zero-order chi connectivity index (χ0) is 22.0. The van der Waals surface area contributed by atoms with Crippen LogP contribution in [0.1, 0.15) is 44.6 Å². The lowest BCUT2D eigenvalue weighted by Crippen LogP contribution is -2.57. The molecule has 0 radical (unpaired) electrons. The number of hydrogen-bond acceptors (Lipinski definition) is 4. The molecule has 0 aromatic carbocycles. The van der Waals surface area contributed by atoms with Crippen LogP contribution < -0.4 is 0 Å². The maximum atomic E-state index is 12.3. The van der Waals surface area contributed by atoms with Crippen LogP contribution in [0, 0.1) is 12.8 Å². The number of carbonyl (C=O) groups excluding carboxylic acids is 1. The third-order valence-corrected chi connectivity index (χ3v) is 5.63. The van der Waals surface area contributed by atoms with Gasteiger partial charge in [0.2, 0.25) is 5.91 Å². The number of fused-ring (bicyclic) bond motifs is 2. The van der Waals surface area contributed by atoms with Gasteiger partial charge in [0.1, 0.15) is 5.82 Å². The summed E-state index contributed by atoms with van der Waals surface area (Å²) in [6.07, 6.45) is -0.448. The molecular weight excluding hydrogens is 389 g/mol. The molecule has 10 heteroatoms. The van der Waals surface area contributed by atoms with Crippen LogP contribution in [0.25, 0.3) is 0 Å². The van der Waals surface area contributed by atoms with E-state index in [0.717, 1.165) is 39.0 Å². The quantitative estimate of drug-likeness (QED) is 0.799. The van der Waals surface area contributed by atoms with Crippen LogP contribution >= 0.6 is 0 Å². The Hall–Kier alpha value is -2.10. The van der Waals surface area contributed by atoms with Crippen molar-refractivity contribution >= 4 is 11.9 Å². The van der Waals surface area contributed by atoms with E-state index in [1.165, 1.54) is 11.5 Å². The first-order valence-electron chi connectivity index (χ1n) is 9.70. The van der Waals surface area contributed by atoms with Crippen molar-refractivity contribution in [2.75, 3.05) is 26.7 Å². The molecule has 0 bridgehead atoms. The lowest BCUT2D eigenvalue weighted by atomic mass is 9.83. The van der Waals surface area contributed by atoms with Crippen LogP contribution in [0.2, 0.25) is 0 Å². The summed E-state index contributed by atoms with van der Waals surface area (Å²) in [5.74, 6) is -0.813. The largest absolute Gasteiger partial charge is 0.490 e. The number of amides is 1. The molecule has 1 fully saturated rings. The number of likely N-dealkylation sites (tertiary alicyclic amines) is 1. The Morgan fingerprint density at radius 2 is 1.76 bits per heavy atom. The van der Waals surface area contributed by atoms with Gasteiger partial charge in [-0.25, -0.2) is 9.78 Å². The normalized spacial score (nSPS) is 19.0. The smallest absolute Gasteiger partial charge is 0.475 e. The molecular formula is C19H29F3N4O3. The van der Waals surface area contributed by atoms with E-state index in [9.17, 15) is 18.0 Å². The third-order valence-electron chi connectivity index (χ3n) is 5.63. The summed E-state index contributed by atoms with van der Waals surface area (Å²) in [5.41, 5.74) is 1.27. The number of halogens is 3. The minimum Gasteiger partial charge on any atom is -0.475 e. The van der Waals surface area contributed by atoms with Crippen LogP contribution in [0.5, 0.6) is 0 Å². The van der Waals surface area contributed by atoms with Crippen molar-refractivity contribution < 1.29 is 27.9 Å². The maximum absolute atomic E-state index is 12.3. The number of imidazole rings is 1. The topological polar surface area (TPSA) is 78.7 Å². The van der Waals surface area contributed by atoms with Crippen LogP contribution in [-0.4, -0.2) is 69.2 Å². The van der Waals surface area contributed by atoms with Crippen LogP contribution in [0.4, 0.5) is 13.2 Å². The number of aryl methyl sites for hydroxylation is 1. The molecule has 1 aromatic heterocycles.